The minimum absolute atomic E-state index is 0.0986. The maximum absolute atomic E-state index is 13.8. The lowest BCUT2D eigenvalue weighted by Gasteiger charge is -2.16. The molecule has 38 heavy (non-hydrogen) atoms. The maximum Gasteiger partial charge on any atom is 0.262 e. The van der Waals surface area contributed by atoms with Crippen LogP contribution >= 0.6 is 0 Å². The van der Waals surface area contributed by atoms with Crippen molar-refractivity contribution in [2.24, 2.45) is 0 Å². The number of aryl methyl sites for hydroxylation is 4. The monoisotopic (exact) mass is 508 g/mol. The largest absolute Gasteiger partial charge is 0.496 e. The Labute approximate surface area is 219 Å². The van der Waals surface area contributed by atoms with E-state index >= 15 is 0 Å². The van der Waals surface area contributed by atoms with Crippen molar-refractivity contribution in [3.63, 3.8) is 0 Å². The van der Waals surface area contributed by atoms with Gasteiger partial charge in [-0.3, -0.25) is 19.6 Å². The van der Waals surface area contributed by atoms with Crippen LogP contribution in [-0.2, 0) is 13.0 Å². The van der Waals surface area contributed by atoms with Crippen molar-refractivity contribution in [2.75, 3.05) is 7.11 Å². The molecule has 0 aliphatic heterocycles. The average molecular weight is 509 g/mol. The number of Topliss-reactive ketones (excluding diaryl/α,β-unsaturated/α-hetero) is 1. The molecule has 5 rings (SSSR count). The van der Waals surface area contributed by atoms with Gasteiger partial charge in [-0.1, -0.05) is 11.2 Å². The van der Waals surface area contributed by atoms with Gasteiger partial charge in [0, 0.05) is 41.0 Å². The number of ether oxygens (including phenoxy) is 1. The molecular formula is C30H28N4O4. The Morgan fingerprint density at radius 3 is 2.42 bits per heavy atom. The standard InChI is InChI=1S/C30H28N4O4/c1-17-10-21(11-18(2)32-17)12-27(35)24-13-22-14-25(29-19(3)33-38-20(29)4)28(37-5)15-26(22)34(30(24)36)16-23-8-6-7-9-31-23/h6-11,13-15H,12,16H2,1-5H3. The van der Waals surface area contributed by atoms with Crippen LogP contribution < -0.4 is 10.3 Å². The lowest BCUT2D eigenvalue weighted by Crippen LogP contribution is -2.28. The van der Waals surface area contributed by atoms with Gasteiger partial charge in [0.2, 0.25) is 0 Å². The van der Waals surface area contributed by atoms with Crippen molar-refractivity contribution in [3.8, 4) is 16.9 Å². The van der Waals surface area contributed by atoms with E-state index in [1.807, 2.05) is 70.2 Å². The van der Waals surface area contributed by atoms with Crippen LogP contribution in [0.25, 0.3) is 22.0 Å². The molecule has 0 aliphatic carbocycles. The third kappa shape index (κ3) is 4.72. The van der Waals surface area contributed by atoms with E-state index < -0.39 is 0 Å². The summed E-state index contributed by atoms with van der Waals surface area (Å²) in [5, 5.41) is 4.81. The number of fused-ring (bicyclic) bond motifs is 1. The lowest BCUT2D eigenvalue weighted by atomic mass is 9.97. The Balaban J connectivity index is 1.72. The lowest BCUT2D eigenvalue weighted by molar-refractivity contribution is 0.0991. The van der Waals surface area contributed by atoms with Crippen molar-refractivity contribution in [2.45, 2.75) is 40.7 Å². The second-order valence-electron chi connectivity index (χ2n) is 9.44. The Bertz CT molecular complexity index is 1700. The first kappa shape index (κ1) is 25.1. The smallest absolute Gasteiger partial charge is 0.262 e. The average Bonchev–Trinajstić information content (AvgIpc) is 3.22. The normalized spacial score (nSPS) is 11.2. The number of methoxy groups -OCH3 is 1. The molecule has 0 amide bonds. The van der Waals surface area contributed by atoms with Gasteiger partial charge in [0.15, 0.2) is 5.78 Å². The molecule has 0 spiro atoms. The number of ketones is 1. The Morgan fingerprint density at radius 1 is 1.03 bits per heavy atom. The van der Waals surface area contributed by atoms with E-state index in [1.165, 1.54) is 0 Å². The highest BCUT2D eigenvalue weighted by molar-refractivity contribution is 6.01. The molecule has 0 N–H and O–H groups in total. The quantitative estimate of drug-likeness (QED) is 0.280. The molecule has 0 saturated heterocycles. The molecule has 0 bridgehead atoms. The number of aromatic nitrogens is 4. The second kappa shape index (κ2) is 10.0. The van der Waals surface area contributed by atoms with Crippen LogP contribution in [0.1, 0.15) is 44.5 Å². The first-order valence-corrected chi connectivity index (χ1v) is 12.3. The highest BCUT2D eigenvalue weighted by atomic mass is 16.5. The number of pyridine rings is 3. The van der Waals surface area contributed by atoms with Gasteiger partial charge in [-0.05, 0) is 69.7 Å². The molecule has 0 atom stereocenters. The van der Waals surface area contributed by atoms with E-state index in [9.17, 15) is 9.59 Å². The Morgan fingerprint density at radius 2 is 1.79 bits per heavy atom. The molecule has 8 nitrogen and oxygen atoms in total. The number of rotatable bonds is 7. The molecule has 0 radical (unpaired) electrons. The van der Waals surface area contributed by atoms with Gasteiger partial charge in [-0.2, -0.15) is 0 Å². The second-order valence-corrected chi connectivity index (χ2v) is 9.44. The minimum atomic E-state index is -0.372. The van der Waals surface area contributed by atoms with Crippen LogP contribution in [0.4, 0.5) is 0 Å². The zero-order valence-electron chi connectivity index (χ0n) is 22.0. The molecule has 0 unspecified atom stereocenters. The van der Waals surface area contributed by atoms with Gasteiger partial charge in [-0.25, -0.2) is 0 Å². The van der Waals surface area contributed by atoms with Crippen LogP contribution in [-0.4, -0.2) is 32.6 Å². The van der Waals surface area contributed by atoms with Crippen LogP contribution in [0.15, 0.2) is 64.0 Å². The van der Waals surface area contributed by atoms with E-state index in [-0.39, 0.29) is 29.9 Å². The van der Waals surface area contributed by atoms with E-state index in [2.05, 4.69) is 15.1 Å². The molecule has 5 aromatic rings. The van der Waals surface area contributed by atoms with Crippen LogP contribution in [0.3, 0.4) is 0 Å². The van der Waals surface area contributed by atoms with Crippen molar-refractivity contribution < 1.29 is 14.1 Å². The predicted octanol–water partition coefficient (Wildman–Crippen LogP) is 5.16. The number of benzene rings is 1. The van der Waals surface area contributed by atoms with Gasteiger partial charge >= 0.3 is 0 Å². The zero-order valence-corrected chi connectivity index (χ0v) is 22.0. The molecule has 8 heteroatoms. The molecule has 4 heterocycles. The number of hydrogen-bond donors (Lipinski definition) is 0. The maximum atomic E-state index is 13.8. The molecule has 192 valence electrons. The Kier molecular flexibility index (Phi) is 6.63. The SMILES string of the molecule is COc1cc2c(cc1-c1c(C)noc1C)cc(C(=O)Cc1cc(C)nc(C)c1)c(=O)n2Cc1ccccn1. The summed E-state index contributed by atoms with van der Waals surface area (Å²) in [6, 6.07) is 14.7. The Hall–Kier alpha value is -4.59. The van der Waals surface area contributed by atoms with Crippen molar-refractivity contribution in [1.29, 1.82) is 0 Å². The number of nitrogens with zero attached hydrogens (tertiary/aromatic N) is 4. The van der Waals surface area contributed by atoms with Crippen LogP contribution in [0, 0.1) is 27.7 Å². The first-order chi connectivity index (χ1) is 18.2. The molecule has 0 aliphatic rings. The molecule has 1 aromatic carbocycles. The summed E-state index contributed by atoms with van der Waals surface area (Å²) in [7, 11) is 1.58. The van der Waals surface area contributed by atoms with Gasteiger partial charge < -0.3 is 13.8 Å². The fraction of sp³-hybridized carbons (Fsp3) is 0.233. The molecule has 0 fully saturated rings. The number of hydrogen-bond acceptors (Lipinski definition) is 7. The van der Waals surface area contributed by atoms with Crippen molar-refractivity contribution in [3.05, 3.63) is 105 Å². The summed E-state index contributed by atoms with van der Waals surface area (Å²) in [6.07, 6.45) is 1.78. The fourth-order valence-corrected chi connectivity index (χ4v) is 4.95. The first-order valence-electron chi connectivity index (χ1n) is 12.3. The third-order valence-corrected chi connectivity index (χ3v) is 6.57. The van der Waals surface area contributed by atoms with E-state index in [1.54, 1.807) is 23.9 Å². The van der Waals surface area contributed by atoms with Crippen LogP contribution in [0.2, 0.25) is 0 Å². The van der Waals surface area contributed by atoms with E-state index in [0.717, 1.165) is 39.2 Å². The minimum Gasteiger partial charge on any atom is -0.496 e. The summed E-state index contributed by atoms with van der Waals surface area (Å²) < 4.78 is 12.7. The topological polar surface area (TPSA) is 100 Å². The van der Waals surface area contributed by atoms with E-state index in [4.69, 9.17) is 9.26 Å². The van der Waals surface area contributed by atoms with Gasteiger partial charge in [0.1, 0.15) is 11.5 Å². The summed E-state index contributed by atoms with van der Waals surface area (Å²) in [5.74, 6) is 0.968. The highest BCUT2D eigenvalue weighted by Gasteiger charge is 2.22. The van der Waals surface area contributed by atoms with Gasteiger partial charge in [0.25, 0.3) is 5.56 Å². The summed E-state index contributed by atoms with van der Waals surface area (Å²) in [5.41, 5.74) is 5.89. The third-order valence-electron chi connectivity index (χ3n) is 6.57. The van der Waals surface area contributed by atoms with E-state index in [0.29, 0.717) is 22.7 Å². The molecular weight excluding hydrogens is 480 g/mol. The predicted molar refractivity (Wildman–Crippen MR) is 145 cm³/mol. The molecule has 0 saturated carbocycles. The summed E-state index contributed by atoms with van der Waals surface area (Å²) in [6.45, 7) is 7.69. The molecule has 4 aromatic heterocycles. The highest BCUT2D eigenvalue weighted by Crippen LogP contribution is 2.37. The fourth-order valence-electron chi connectivity index (χ4n) is 4.95. The van der Waals surface area contributed by atoms with Crippen LogP contribution in [0.5, 0.6) is 5.75 Å². The summed E-state index contributed by atoms with van der Waals surface area (Å²) >= 11 is 0. The number of carbonyl (C=O) groups excluding carboxylic acids is 1. The summed E-state index contributed by atoms with van der Waals surface area (Å²) in [4.78, 5) is 36.2. The van der Waals surface area contributed by atoms with Gasteiger partial charge in [0.05, 0.1) is 41.7 Å². The zero-order chi connectivity index (χ0) is 27.0. The number of carbonyl (C=O) groups is 1. The van der Waals surface area contributed by atoms with Crippen molar-refractivity contribution in [1.82, 2.24) is 19.7 Å². The van der Waals surface area contributed by atoms with Gasteiger partial charge in [-0.15, -0.1) is 0 Å². The van der Waals surface area contributed by atoms with Crippen molar-refractivity contribution >= 4 is 16.7 Å².